The minimum Gasteiger partial charge on any atom is -0.444 e. The molecule has 20 heavy (non-hydrogen) atoms. The van der Waals surface area contributed by atoms with Crippen molar-refractivity contribution in [1.29, 1.82) is 0 Å². The Labute approximate surface area is 129 Å². The van der Waals surface area contributed by atoms with Crippen LogP contribution in [0.1, 0.15) is 33.6 Å². The Hall–Kier alpha value is -0.970. The Kier molecular flexibility index (Phi) is 4.78. The Morgan fingerprint density at radius 3 is 2.60 bits per heavy atom. The van der Waals surface area contributed by atoms with Crippen molar-refractivity contribution in [3.63, 3.8) is 0 Å². The lowest BCUT2D eigenvalue weighted by molar-refractivity contribution is 0.0176. The number of allylic oxidation sites excluding steroid dienone is 2. The highest BCUT2D eigenvalue weighted by molar-refractivity contribution is 9.11. The lowest BCUT2D eigenvalue weighted by atomic mass is 9.88. The summed E-state index contributed by atoms with van der Waals surface area (Å²) in [6.07, 6.45) is 7.86. The van der Waals surface area contributed by atoms with Gasteiger partial charge in [-0.1, -0.05) is 15.9 Å². The maximum absolute atomic E-state index is 12.0. The summed E-state index contributed by atoms with van der Waals surface area (Å²) >= 11 is 3.62. The monoisotopic (exact) mass is 342 g/mol. The van der Waals surface area contributed by atoms with E-state index >= 15 is 0 Å². The predicted octanol–water partition coefficient (Wildman–Crippen LogP) is 3.40. The number of nitrogens with zero attached hydrogens (tertiary/aromatic N) is 1. The topological polar surface area (TPSA) is 41.6 Å². The Morgan fingerprint density at radius 2 is 2.05 bits per heavy atom. The third-order valence-corrected chi connectivity index (χ3v) is 4.34. The van der Waals surface area contributed by atoms with Crippen molar-refractivity contribution in [3.8, 4) is 0 Å². The lowest BCUT2D eigenvalue weighted by Crippen LogP contribution is -2.46. The van der Waals surface area contributed by atoms with E-state index in [9.17, 15) is 4.79 Å². The Bertz CT molecular complexity index is 418. The molecule has 0 aromatic rings. The van der Waals surface area contributed by atoms with Gasteiger partial charge in [-0.15, -0.1) is 0 Å². The van der Waals surface area contributed by atoms with Gasteiger partial charge >= 0.3 is 6.09 Å². The van der Waals surface area contributed by atoms with Gasteiger partial charge in [-0.25, -0.2) is 4.79 Å². The molecule has 112 valence electrons. The zero-order chi connectivity index (χ0) is 14.8. The van der Waals surface area contributed by atoms with Crippen molar-refractivity contribution in [2.24, 2.45) is 5.92 Å². The minimum atomic E-state index is -0.421. The summed E-state index contributed by atoms with van der Waals surface area (Å²) in [7, 11) is 0. The van der Waals surface area contributed by atoms with Crippen molar-refractivity contribution in [1.82, 2.24) is 10.2 Å². The van der Waals surface area contributed by atoms with E-state index in [-0.39, 0.29) is 6.09 Å². The van der Waals surface area contributed by atoms with E-state index in [1.54, 1.807) is 0 Å². The van der Waals surface area contributed by atoms with Crippen LogP contribution in [-0.2, 0) is 4.74 Å². The van der Waals surface area contributed by atoms with Gasteiger partial charge in [0.1, 0.15) is 5.60 Å². The Balaban J connectivity index is 1.85. The van der Waals surface area contributed by atoms with Crippen LogP contribution in [-0.4, -0.2) is 35.7 Å². The highest BCUT2D eigenvalue weighted by atomic mass is 79.9. The first-order valence-corrected chi connectivity index (χ1v) is 7.92. The Morgan fingerprint density at radius 1 is 1.40 bits per heavy atom. The molecule has 2 aliphatic rings. The van der Waals surface area contributed by atoms with Crippen LogP contribution in [0.25, 0.3) is 0 Å². The SMILES string of the molecule is CC(C)(C)OC(=O)N1CCC([C@H]2NC=CC=C2Br)CC1. The smallest absolute Gasteiger partial charge is 0.410 e. The summed E-state index contributed by atoms with van der Waals surface area (Å²) in [5, 5.41) is 3.39. The summed E-state index contributed by atoms with van der Waals surface area (Å²) in [4.78, 5) is 13.8. The van der Waals surface area contributed by atoms with Crippen molar-refractivity contribution < 1.29 is 9.53 Å². The number of dihydropyridines is 1. The summed E-state index contributed by atoms with van der Waals surface area (Å²) in [6, 6.07) is 0.334. The van der Waals surface area contributed by atoms with E-state index in [0.29, 0.717) is 12.0 Å². The van der Waals surface area contributed by atoms with Crippen LogP contribution in [0.4, 0.5) is 4.79 Å². The van der Waals surface area contributed by atoms with Crippen molar-refractivity contribution >= 4 is 22.0 Å². The first kappa shape index (κ1) is 15.4. The summed E-state index contributed by atoms with van der Waals surface area (Å²) in [5.41, 5.74) is -0.421. The van der Waals surface area contributed by atoms with Gasteiger partial charge in [0.15, 0.2) is 0 Å². The quantitative estimate of drug-likeness (QED) is 0.793. The molecule has 5 heteroatoms. The van der Waals surface area contributed by atoms with Gasteiger partial charge in [0.25, 0.3) is 0 Å². The highest BCUT2D eigenvalue weighted by Gasteiger charge is 2.31. The highest BCUT2D eigenvalue weighted by Crippen LogP contribution is 2.29. The lowest BCUT2D eigenvalue weighted by Gasteiger charge is -2.37. The number of hydrogen-bond acceptors (Lipinski definition) is 3. The first-order valence-electron chi connectivity index (χ1n) is 7.13. The number of halogens is 1. The van der Waals surface area contributed by atoms with E-state index in [2.05, 4.69) is 27.3 Å². The van der Waals surface area contributed by atoms with Crippen LogP contribution in [0.5, 0.6) is 0 Å². The molecule has 0 saturated carbocycles. The molecule has 0 unspecified atom stereocenters. The van der Waals surface area contributed by atoms with Gasteiger partial charge in [0.05, 0.1) is 6.04 Å². The van der Waals surface area contributed by atoms with Gasteiger partial charge < -0.3 is 15.0 Å². The zero-order valence-corrected chi connectivity index (χ0v) is 13.9. The van der Waals surface area contributed by atoms with E-state index in [1.807, 2.05) is 37.9 Å². The van der Waals surface area contributed by atoms with Gasteiger partial charge in [0, 0.05) is 17.6 Å². The second kappa shape index (κ2) is 6.20. The molecule has 0 aromatic heterocycles. The normalized spacial score (nSPS) is 24.1. The fourth-order valence-electron chi connectivity index (χ4n) is 2.59. The molecule has 2 heterocycles. The summed E-state index contributed by atoms with van der Waals surface area (Å²) in [5.74, 6) is 0.546. The van der Waals surface area contributed by atoms with E-state index < -0.39 is 5.60 Å². The molecule has 1 saturated heterocycles. The maximum Gasteiger partial charge on any atom is 0.410 e. The fourth-order valence-corrected chi connectivity index (χ4v) is 3.24. The number of likely N-dealkylation sites (tertiary alicyclic amines) is 1. The van der Waals surface area contributed by atoms with Crippen molar-refractivity contribution in [3.05, 3.63) is 22.8 Å². The number of amides is 1. The molecule has 0 aliphatic carbocycles. The zero-order valence-electron chi connectivity index (χ0n) is 12.4. The fraction of sp³-hybridized carbons (Fsp3) is 0.667. The second-order valence-electron chi connectivity index (χ2n) is 6.36. The number of rotatable bonds is 1. The molecule has 2 aliphatic heterocycles. The van der Waals surface area contributed by atoms with Gasteiger partial charge in [-0.05, 0) is 57.9 Å². The number of carbonyl (C=O) groups excluding carboxylic acids is 1. The van der Waals surface area contributed by atoms with Gasteiger partial charge in [-0.2, -0.15) is 0 Å². The molecule has 1 fully saturated rings. The number of piperidine rings is 1. The molecule has 1 N–H and O–H groups in total. The van der Waals surface area contributed by atoms with Crippen molar-refractivity contribution in [2.45, 2.75) is 45.3 Å². The van der Waals surface area contributed by atoms with Crippen LogP contribution in [0.15, 0.2) is 22.8 Å². The van der Waals surface area contributed by atoms with Crippen LogP contribution in [0, 0.1) is 5.92 Å². The number of nitrogens with one attached hydrogen (secondary N) is 1. The molecule has 1 amide bonds. The average molecular weight is 343 g/mol. The molecule has 0 radical (unpaired) electrons. The van der Waals surface area contributed by atoms with E-state index in [0.717, 1.165) is 25.9 Å². The van der Waals surface area contributed by atoms with E-state index in [1.165, 1.54) is 4.48 Å². The van der Waals surface area contributed by atoms with Crippen LogP contribution < -0.4 is 5.32 Å². The number of hydrogen-bond donors (Lipinski definition) is 1. The maximum atomic E-state index is 12.0. The molecule has 0 aromatic carbocycles. The summed E-state index contributed by atoms with van der Waals surface area (Å²) < 4.78 is 6.61. The first-order chi connectivity index (χ1) is 9.37. The van der Waals surface area contributed by atoms with Crippen molar-refractivity contribution in [2.75, 3.05) is 13.1 Å². The molecule has 0 spiro atoms. The average Bonchev–Trinajstić information content (AvgIpc) is 2.37. The molecule has 2 rings (SSSR count). The molecular weight excluding hydrogens is 320 g/mol. The standard InChI is InChI=1S/C15H23BrN2O2/c1-15(2,3)20-14(19)18-9-6-11(7-10-18)13-12(16)5-4-8-17-13/h4-5,8,11,13,17H,6-7,9-10H2,1-3H3/t13-/m1/s1. The molecule has 0 bridgehead atoms. The van der Waals surface area contributed by atoms with Gasteiger partial charge in [0.2, 0.25) is 0 Å². The third kappa shape index (κ3) is 4.01. The van der Waals surface area contributed by atoms with Gasteiger partial charge in [-0.3, -0.25) is 0 Å². The molecule has 1 atom stereocenters. The van der Waals surface area contributed by atoms with E-state index in [4.69, 9.17) is 4.74 Å². The predicted molar refractivity (Wildman–Crippen MR) is 83.6 cm³/mol. The van der Waals surface area contributed by atoms with Crippen LogP contribution in [0.2, 0.25) is 0 Å². The van der Waals surface area contributed by atoms with Crippen LogP contribution >= 0.6 is 15.9 Å². The third-order valence-electron chi connectivity index (χ3n) is 3.59. The summed E-state index contributed by atoms with van der Waals surface area (Å²) in [6.45, 7) is 7.23. The molecular formula is C15H23BrN2O2. The largest absolute Gasteiger partial charge is 0.444 e. The number of carbonyl (C=O) groups is 1. The number of ether oxygens (including phenoxy) is 1. The second-order valence-corrected chi connectivity index (χ2v) is 7.28. The molecule has 4 nitrogen and oxygen atoms in total. The van der Waals surface area contributed by atoms with Crippen LogP contribution in [0.3, 0.4) is 0 Å². The minimum absolute atomic E-state index is 0.193.